The molecular weight excluding hydrogens is 409 g/mol. The van der Waals surface area contributed by atoms with Crippen molar-refractivity contribution in [3.05, 3.63) is 99.0 Å². The highest BCUT2D eigenvalue weighted by molar-refractivity contribution is 9.10. The first-order valence-electron chi connectivity index (χ1n) is 8.38. The number of para-hydroxylation sites is 1. The van der Waals surface area contributed by atoms with Gasteiger partial charge in [-0.1, -0.05) is 52.3 Å². The van der Waals surface area contributed by atoms with Gasteiger partial charge >= 0.3 is 0 Å². The number of hydrogen-bond donors (Lipinski definition) is 1. The van der Waals surface area contributed by atoms with Crippen molar-refractivity contribution in [2.45, 2.75) is 6.54 Å². The lowest BCUT2D eigenvalue weighted by Crippen LogP contribution is -2.31. The van der Waals surface area contributed by atoms with E-state index in [1.807, 2.05) is 30.3 Å². The molecule has 1 heterocycles. The lowest BCUT2D eigenvalue weighted by Gasteiger charge is -2.16. The number of hydrogen-bond acceptors (Lipinski definition) is 3. The van der Waals surface area contributed by atoms with Crippen molar-refractivity contribution in [2.75, 3.05) is 5.43 Å². The SMILES string of the molecule is O=c1c2ccccc2nc(-c2cccc(F)c2)n1NCc1ccc(Br)cc1. The van der Waals surface area contributed by atoms with Crippen molar-refractivity contribution in [1.29, 1.82) is 0 Å². The summed E-state index contributed by atoms with van der Waals surface area (Å²) in [5.41, 5.74) is 5.01. The molecule has 3 aromatic carbocycles. The van der Waals surface area contributed by atoms with Gasteiger partial charge in [-0.3, -0.25) is 4.79 Å². The Labute approximate surface area is 163 Å². The molecular formula is C21H15BrFN3O. The average Bonchev–Trinajstić information content (AvgIpc) is 2.68. The minimum atomic E-state index is -0.380. The van der Waals surface area contributed by atoms with Crippen LogP contribution in [0.1, 0.15) is 5.56 Å². The molecule has 0 bridgehead atoms. The number of rotatable bonds is 4. The molecule has 134 valence electrons. The van der Waals surface area contributed by atoms with Gasteiger partial charge in [0, 0.05) is 10.0 Å². The first-order valence-corrected chi connectivity index (χ1v) is 9.17. The van der Waals surface area contributed by atoms with Crippen LogP contribution in [0.4, 0.5) is 4.39 Å². The van der Waals surface area contributed by atoms with Gasteiger partial charge in [0.1, 0.15) is 5.82 Å². The molecule has 0 fully saturated rings. The van der Waals surface area contributed by atoms with E-state index in [1.54, 1.807) is 30.3 Å². The van der Waals surface area contributed by atoms with Gasteiger partial charge in [-0.15, -0.1) is 0 Å². The van der Waals surface area contributed by atoms with Crippen LogP contribution in [0.3, 0.4) is 0 Å². The Balaban J connectivity index is 1.83. The smallest absolute Gasteiger partial charge is 0.280 e. The zero-order chi connectivity index (χ0) is 18.8. The van der Waals surface area contributed by atoms with Gasteiger partial charge in [-0.05, 0) is 42.0 Å². The molecule has 0 aliphatic heterocycles. The van der Waals surface area contributed by atoms with E-state index in [0.29, 0.717) is 28.8 Å². The molecule has 27 heavy (non-hydrogen) atoms. The second-order valence-electron chi connectivity index (χ2n) is 6.06. The first kappa shape index (κ1) is 17.4. The lowest BCUT2D eigenvalue weighted by atomic mass is 10.2. The maximum atomic E-state index is 13.7. The predicted molar refractivity (Wildman–Crippen MR) is 109 cm³/mol. The lowest BCUT2D eigenvalue weighted by molar-refractivity contribution is 0.628. The first-order chi connectivity index (χ1) is 13.1. The Kier molecular flexibility index (Phi) is 4.73. The van der Waals surface area contributed by atoms with Crippen LogP contribution in [0.5, 0.6) is 0 Å². The predicted octanol–water partition coefficient (Wildman–Crippen LogP) is 4.71. The summed E-state index contributed by atoms with van der Waals surface area (Å²) < 4.78 is 16.1. The topological polar surface area (TPSA) is 46.9 Å². The zero-order valence-corrected chi connectivity index (χ0v) is 15.8. The Morgan fingerprint density at radius 1 is 1.00 bits per heavy atom. The Morgan fingerprint density at radius 3 is 2.56 bits per heavy atom. The Hall–Kier alpha value is -2.99. The third-order valence-electron chi connectivity index (χ3n) is 4.21. The maximum absolute atomic E-state index is 13.7. The van der Waals surface area contributed by atoms with Crippen LogP contribution in [-0.4, -0.2) is 9.66 Å². The summed E-state index contributed by atoms with van der Waals surface area (Å²) in [4.78, 5) is 17.6. The highest BCUT2D eigenvalue weighted by Gasteiger charge is 2.13. The van der Waals surface area contributed by atoms with Crippen molar-refractivity contribution < 1.29 is 4.39 Å². The third kappa shape index (κ3) is 3.61. The van der Waals surface area contributed by atoms with Crippen molar-refractivity contribution in [1.82, 2.24) is 9.66 Å². The summed E-state index contributed by atoms with van der Waals surface area (Å²) in [5.74, 6) is -0.00956. The summed E-state index contributed by atoms with van der Waals surface area (Å²) >= 11 is 3.41. The van der Waals surface area contributed by atoms with Crippen LogP contribution in [0.2, 0.25) is 0 Å². The van der Waals surface area contributed by atoms with Crippen LogP contribution < -0.4 is 11.0 Å². The van der Waals surface area contributed by atoms with E-state index >= 15 is 0 Å². The van der Waals surface area contributed by atoms with Crippen molar-refractivity contribution in [3.63, 3.8) is 0 Å². The molecule has 0 aliphatic rings. The molecule has 1 aromatic heterocycles. The van der Waals surface area contributed by atoms with Gasteiger partial charge < -0.3 is 5.43 Å². The summed E-state index contributed by atoms with van der Waals surface area (Å²) in [7, 11) is 0. The largest absolute Gasteiger partial charge is 0.317 e. The van der Waals surface area contributed by atoms with Gasteiger partial charge in [0.15, 0.2) is 5.82 Å². The molecule has 4 rings (SSSR count). The van der Waals surface area contributed by atoms with E-state index < -0.39 is 0 Å². The van der Waals surface area contributed by atoms with E-state index in [-0.39, 0.29) is 11.4 Å². The average molecular weight is 424 g/mol. The number of aromatic nitrogens is 2. The number of fused-ring (bicyclic) bond motifs is 1. The molecule has 0 amide bonds. The summed E-state index contributed by atoms with van der Waals surface area (Å²) in [6.07, 6.45) is 0. The van der Waals surface area contributed by atoms with Crippen molar-refractivity contribution in [2.24, 2.45) is 0 Å². The standard InChI is InChI=1S/C21H15BrFN3O/c22-16-10-8-14(9-11-16)13-24-26-20(15-4-3-5-17(23)12-15)25-19-7-2-1-6-18(19)21(26)27/h1-12,24H,13H2. The Morgan fingerprint density at radius 2 is 1.78 bits per heavy atom. The second kappa shape index (κ2) is 7.32. The minimum Gasteiger partial charge on any atom is -0.317 e. The number of nitrogens with zero attached hydrogens (tertiary/aromatic N) is 2. The molecule has 0 atom stereocenters. The molecule has 4 aromatic rings. The summed E-state index contributed by atoms with van der Waals surface area (Å²) in [6, 6.07) is 21.0. The Bertz CT molecular complexity index is 1170. The van der Waals surface area contributed by atoms with Crippen LogP contribution in [0, 0.1) is 5.82 Å². The van der Waals surface area contributed by atoms with Crippen molar-refractivity contribution >= 4 is 26.8 Å². The fourth-order valence-corrected chi connectivity index (χ4v) is 3.14. The van der Waals surface area contributed by atoms with Gasteiger partial charge in [-0.25, -0.2) is 14.1 Å². The van der Waals surface area contributed by atoms with Crippen LogP contribution >= 0.6 is 15.9 Å². The van der Waals surface area contributed by atoms with E-state index in [0.717, 1.165) is 10.0 Å². The van der Waals surface area contributed by atoms with E-state index in [2.05, 4.69) is 26.3 Å². The third-order valence-corrected chi connectivity index (χ3v) is 4.74. The molecule has 0 radical (unpaired) electrons. The molecule has 0 spiro atoms. The highest BCUT2D eigenvalue weighted by atomic mass is 79.9. The highest BCUT2D eigenvalue weighted by Crippen LogP contribution is 2.19. The fraction of sp³-hybridized carbons (Fsp3) is 0.0476. The zero-order valence-electron chi connectivity index (χ0n) is 14.2. The molecule has 0 aliphatic carbocycles. The maximum Gasteiger partial charge on any atom is 0.280 e. The van der Waals surface area contributed by atoms with Gasteiger partial charge in [-0.2, -0.15) is 0 Å². The number of halogens is 2. The van der Waals surface area contributed by atoms with Gasteiger partial charge in [0.2, 0.25) is 0 Å². The van der Waals surface area contributed by atoms with E-state index in [1.165, 1.54) is 16.8 Å². The summed E-state index contributed by atoms with van der Waals surface area (Å²) in [5, 5.41) is 0.501. The van der Waals surface area contributed by atoms with Gasteiger partial charge in [0.05, 0.1) is 17.4 Å². The molecule has 4 nitrogen and oxygen atoms in total. The fourth-order valence-electron chi connectivity index (χ4n) is 2.87. The molecule has 0 saturated carbocycles. The quantitative estimate of drug-likeness (QED) is 0.516. The molecule has 1 N–H and O–H groups in total. The normalized spacial score (nSPS) is 10.9. The second-order valence-corrected chi connectivity index (χ2v) is 6.98. The van der Waals surface area contributed by atoms with Crippen LogP contribution in [0.25, 0.3) is 22.3 Å². The monoisotopic (exact) mass is 423 g/mol. The van der Waals surface area contributed by atoms with Crippen molar-refractivity contribution in [3.8, 4) is 11.4 Å². The van der Waals surface area contributed by atoms with Gasteiger partial charge in [0.25, 0.3) is 5.56 Å². The minimum absolute atomic E-state index is 0.225. The molecule has 6 heteroatoms. The molecule has 0 saturated heterocycles. The number of nitrogens with one attached hydrogen (secondary N) is 1. The van der Waals surface area contributed by atoms with E-state index in [4.69, 9.17) is 0 Å². The van der Waals surface area contributed by atoms with E-state index in [9.17, 15) is 9.18 Å². The van der Waals surface area contributed by atoms with Crippen LogP contribution in [0.15, 0.2) is 82.1 Å². The molecule has 0 unspecified atom stereocenters. The van der Waals surface area contributed by atoms with Crippen LogP contribution in [-0.2, 0) is 6.54 Å². The summed E-state index contributed by atoms with van der Waals surface area (Å²) in [6.45, 7) is 0.426. The number of benzene rings is 3.